The van der Waals surface area contributed by atoms with Crippen LogP contribution in [0.2, 0.25) is 0 Å². The number of amides is 1. The lowest BCUT2D eigenvalue weighted by Gasteiger charge is -2.13. The van der Waals surface area contributed by atoms with Crippen LogP contribution in [0.5, 0.6) is 0 Å². The Labute approximate surface area is 146 Å². The van der Waals surface area contributed by atoms with Gasteiger partial charge in [-0.1, -0.05) is 18.2 Å². The number of nitrogens with zero attached hydrogens (tertiary/aromatic N) is 2. The van der Waals surface area contributed by atoms with E-state index in [4.69, 9.17) is 4.74 Å². The molecular formula is C18H23N3O4. The fraction of sp³-hybridized carbons (Fsp3) is 0.444. The van der Waals surface area contributed by atoms with Gasteiger partial charge in [-0.15, -0.1) is 0 Å². The number of esters is 1. The van der Waals surface area contributed by atoms with Gasteiger partial charge in [0.25, 0.3) is 11.5 Å². The Hall–Kier alpha value is -2.70. The summed E-state index contributed by atoms with van der Waals surface area (Å²) in [5.74, 6) is -0.803. The van der Waals surface area contributed by atoms with Gasteiger partial charge in [0.15, 0.2) is 5.69 Å². The normalized spacial score (nSPS) is 11.1. The molecule has 7 nitrogen and oxygen atoms in total. The molecule has 0 atom stereocenters. The quantitative estimate of drug-likeness (QED) is 0.809. The zero-order valence-corrected chi connectivity index (χ0v) is 14.9. The summed E-state index contributed by atoms with van der Waals surface area (Å²) < 4.78 is 6.32. The number of carbonyl (C=O) groups excluding carboxylic acids is 2. The van der Waals surface area contributed by atoms with Gasteiger partial charge >= 0.3 is 5.97 Å². The average molecular weight is 345 g/mol. The van der Waals surface area contributed by atoms with Crippen LogP contribution in [0, 0.1) is 0 Å². The fourth-order valence-corrected chi connectivity index (χ4v) is 2.41. The maximum atomic E-state index is 12.5. The predicted molar refractivity (Wildman–Crippen MR) is 94.6 cm³/mol. The number of rotatable bonds is 6. The second-order valence-corrected chi connectivity index (χ2v) is 6.28. The second-order valence-electron chi connectivity index (χ2n) is 6.28. The minimum atomic E-state index is -0.428. The molecule has 2 aromatic rings. The van der Waals surface area contributed by atoms with E-state index in [9.17, 15) is 14.4 Å². The van der Waals surface area contributed by atoms with Gasteiger partial charge in [0, 0.05) is 11.9 Å². The number of nitrogens with one attached hydrogen (secondary N) is 1. The SMILES string of the molecule is CC(C)OC(=O)CCNC(=O)c1nn(C(C)C)c(=O)c2ccccc12. The molecule has 0 saturated carbocycles. The Kier molecular flexibility index (Phi) is 5.90. The van der Waals surface area contributed by atoms with Crippen LogP contribution < -0.4 is 10.9 Å². The van der Waals surface area contributed by atoms with Gasteiger partial charge in [-0.3, -0.25) is 14.4 Å². The zero-order chi connectivity index (χ0) is 18.6. The van der Waals surface area contributed by atoms with Gasteiger partial charge < -0.3 is 10.1 Å². The monoisotopic (exact) mass is 345 g/mol. The summed E-state index contributed by atoms with van der Waals surface area (Å²) in [6.45, 7) is 7.32. The van der Waals surface area contributed by atoms with Crippen molar-refractivity contribution in [1.82, 2.24) is 15.1 Å². The van der Waals surface area contributed by atoms with Crippen molar-refractivity contribution in [2.75, 3.05) is 6.54 Å². The number of aromatic nitrogens is 2. The minimum absolute atomic E-state index is 0.0751. The summed E-state index contributed by atoms with van der Waals surface area (Å²) in [7, 11) is 0. The van der Waals surface area contributed by atoms with E-state index in [1.807, 2.05) is 13.8 Å². The molecule has 1 amide bonds. The topological polar surface area (TPSA) is 90.3 Å². The lowest BCUT2D eigenvalue weighted by molar-refractivity contribution is -0.147. The van der Waals surface area contributed by atoms with Crippen molar-refractivity contribution < 1.29 is 14.3 Å². The van der Waals surface area contributed by atoms with Gasteiger partial charge in [-0.2, -0.15) is 5.10 Å². The molecule has 1 aromatic carbocycles. The zero-order valence-electron chi connectivity index (χ0n) is 14.9. The van der Waals surface area contributed by atoms with E-state index in [0.29, 0.717) is 10.8 Å². The van der Waals surface area contributed by atoms with Crippen molar-refractivity contribution in [3.05, 3.63) is 40.3 Å². The standard InChI is InChI=1S/C18H23N3O4/c1-11(2)21-18(24)14-8-6-5-7-13(14)16(20-21)17(23)19-10-9-15(22)25-12(3)4/h5-8,11-12H,9-10H2,1-4H3,(H,19,23). The fourth-order valence-electron chi connectivity index (χ4n) is 2.41. The molecule has 0 bridgehead atoms. The number of benzene rings is 1. The third-order valence-electron chi connectivity index (χ3n) is 3.51. The van der Waals surface area contributed by atoms with Gasteiger partial charge in [0.1, 0.15) is 0 Å². The number of carbonyl (C=O) groups is 2. The van der Waals surface area contributed by atoms with E-state index in [0.717, 1.165) is 0 Å². The van der Waals surface area contributed by atoms with E-state index in [1.54, 1.807) is 38.1 Å². The Morgan fingerprint density at radius 2 is 1.80 bits per heavy atom. The first kappa shape index (κ1) is 18.6. The summed E-state index contributed by atoms with van der Waals surface area (Å²) >= 11 is 0. The molecule has 0 aliphatic carbocycles. The molecule has 1 aromatic heterocycles. The highest BCUT2D eigenvalue weighted by molar-refractivity contribution is 6.04. The lowest BCUT2D eigenvalue weighted by Crippen LogP contribution is -2.32. The third kappa shape index (κ3) is 4.43. The molecule has 0 radical (unpaired) electrons. The van der Waals surface area contributed by atoms with E-state index < -0.39 is 5.91 Å². The van der Waals surface area contributed by atoms with Crippen LogP contribution in [0.4, 0.5) is 0 Å². The maximum Gasteiger partial charge on any atom is 0.307 e. The molecule has 25 heavy (non-hydrogen) atoms. The van der Waals surface area contributed by atoms with E-state index in [2.05, 4.69) is 10.4 Å². The Morgan fingerprint density at radius 1 is 1.16 bits per heavy atom. The number of hydrogen-bond acceptors (Lipinski definition) is 5. The molecule has 0 unspecified atom stereocenters. The number of hydrogen-bond donors (Lipinski definition) is 1. The Balaban J connectivity index is 2.25. The van der Waals surface area contributed by atoms with Crippen molar-refractivity contribution >= 4 is 22.6 Å². The molecule has 0 fully saturated rings. The van der Waals surface area contributed by atoms with Gasteiger partial charge in [0.05, 0.1) is 24.0 Å². The smallest absolute Gasteiger partial charge is 0.307 e. The molecular weight excluding hydrogens is 322 g/mol. The van der Waals surface area contributed by atoms with E-state index in [1.165, 1.54) is 4.68 Å². The lowest BCUT2D eigenvalue weighted by atomic mass is 10.1. The van der Waals surface area contributed by atoms with Crippen LogP contribution >= 0.6 is 0 Å². The summed E-state index contributed by atoms with van der Waals surface area (Å²) in [5.41, 5.74) is -0.0659. The summed E-state index contributed by atoms with van der Waals surface area (Å²) in [6, 6.07) is 6.69. The number of fused-ring (bicyclic) bond motifs is 1. The summed E-state index contributed by atoms with van der Waals surface area (Å²) in [4.78, 5) is 36.5. The summed E-state index contributed by atoms with van der Waals surface area (Å²) in [5, 5.41) is 7.82. The average Bonchev–Trinajstić information content (AvgIpc) is 2.54. The molecule has 2 rings (SSSR count). The molecule has 7 heteroatoms. The van der Waals surface area contributed by atoms with Gasteiger partial charge in [-0.05, 0) is 33.8 Å². The van der Waals surface area contributed by atoms with Crippen LogP contribution in [0.15, 0.2) is 29.1 Å². The predicted octanol–water partition coefficient (Wildman–Crippen LogP) is 2.05. The van der Waals surface area contributed by atoms with Crippen molar-refractivity contribution in [3.63, 3.8) is 0 Å². The van der Waals surface area contributed by atoms with Crippen LogP contribution in [-0.2, 0) is 9.53 Å². The largest absolute Gasteiger partial charge is 0.463 e. The first-order valence-electron chi connectivity index (χ1n) is 8.30. The van der Waals surface area contributed by atoms with Gasteiger partial charge in [-0.25, -0.2) is 4.68 Å². The molecule has 0 aliphatic heterocycles. The highest BCUT2D eigenvalue weighted by Crippen LogP contribution is 2.14. The molecule has 0 aliphatic rings. The molecule has 1 heterocycles. The van der Waals surface area contributed by atoms with Crippen LogP contribution in [-0.4, -0.2) is 34.3 Å². The Morgan fingerprint density at radius 3 is 2.40 bits per heavy atom. The highest BCUT2D eigenvalue weighted by Gasteiger charge is 2.18. The third-order valence-corrected chi connectivity index (χ3v) is 3.51. The maximum absolute atomic E-state index is 12.5. The van der Waals surface area contributed by atoms with Crippen molar-refractivity contribution in [2.45, 2.75) is 46.3 Å². The Bertz CT molecular complexity index is 840. The van der Waals surface area contributed by atoms with Gasteiger partial charge in [0.2, 0.25) is 0 Å². The highest BCUT2D eigenvalue weighted by atomic mass is 16.5. The first-order chi connectivity index (χ1) is 11.8. The van der Waals surface area contributed by atoms with Crippen molar-refractivity contribution in [1.29, 1.82) is 0 Å². The van der Waals surface area contributed by atoms with Crippen LogP contribution in [0.1, 0.15) is 50.6 Å². The van der Waals surface area contributed by atoms with E-state index in [-0.39, 0.29) is 42.3 Å². The molecule has 1 N–H and O–H groups in total. The van der Waals surface area contributed by atoms with Crippen LogP contribution in [0.3, 0.4) is 0 Å². The van der Waals surface area contributed by atoms with Crippen molar-refractivity contribution in [2.24, 2.45) is 0 Å². The summed E-state index contributed by atoms with van der Waals surface area (Å²) in [6.07, 6.45) is -0.116. The molecule has 0 saturated heterocycles. The minimum Gasteiger partial charge on any atom is -0.463 e. The van der Waals surface area contributed by atoms with Crippen LogP contribution in [0.25, 0.3) is 10.8 Å². The molecule has 134 valence electrons. The number of ether oxygens (including phenoxy) is 1. The first-order valence-corrected chi connectivity index (χ1v) is 8.30. The van der Waals surface area contributed by atoms with Crippen molar-refractivity contribution in [3.8, 4) is 0 Å². The molecule has 0 spiro atoms. The van der Waals surface area contributed by atoms with E-state index >= 15 is 0 Å². The second kappa shape index (κ2) is 7.92.